The third-order valence-electron chi connectivity index (χ3n) is 6.07. The van der Waals surface area contributed by atoms with Crippen LogP contribution in [0.4, 0.5) is 10.6 Å². The number of ether oxygens (including phenoxy) is 1. The van der Waals surface area contributed by atoms with Gasteiger partial charge in [-0.15, -0.1) is 0 Å². The summed E-state index contributed by atoms with van der Waals surface area (Å²) >= 11 is 6.19. The molecule has 0 aliphatic carbocycles. The molecule has 2 aromatic heterocycles. The highest BCUT2D eigenvalue weighted by atomic mass is 35.5. The number of hydrogen-bond donors (Lipinski definition) is 2. The van der Waals surface area contributed by atoms with Gasteiger partial charge in [-0.3, -0.25) is 15.2 Å². The molecule has 9 heteroatoms. The highest BCUT2D eigenvalue weighted by Gasteiger charge is 2.35. The number of anilines is 1. The van der Waals surface area contributed by atoms with Gasteiger partial charge in [-0.1, -0.05) is 29.8 Å². The summed E-state index contributed by atoms with van der Waals surface area (Å²) in [5.41, 5.74) is 3.69. The zero-order valence-electron chi connectivity index (χ0n) is 19.1. The average molecular weight is 469 g/mol. The van der Waals surface area contributed by atoms with Gasteiger partial charge in [0.1, 0.15) is 5.82 Å². The lowest BCUT2D eigenvalue weighted by molar-refractivity contribution is 0.159. The Bertz CT molecular complexity index is 1100. The van der Waals surface area contributed by atoms with Crippen LogP contribution >= 0.6 is 11.6 Å². The predicted octanol–water partition coefficient (Wildman–Crippen LogP) is 3.77. The molecule has 1 aromatic carbocycles. The Morgan fingerprint density at radius 1 is 1.21 bits per heavy atom. The first-order chi connectivity index (χ1) is 16.0. The van der Waals surface area contributed by atoms with E-state index in [1.807, 2.05) is 56.4 Å². The molecule has 2 unspecified atom stereocenters. The molecule has 3 aromatic rings. The summed E-state index contributed by atoms with van der Waals surface area (Å²) in [6, 6.07) is 11.3. The number of methoxy groups -OCH3 is 1. The van der Waals surface area contributed by atoms with Crippen LogP contribution in [0.25, 0.3) is 5.69 Å². The van der Waals surface area contributed by atoms with E-state index in [1.54, 1.807) is 18.0 Å². The molecule has 3 heterocycles. The molecule has 2 N–H and O–H groups in total. The third kappa shape index (κ3) is 5.35. The number of rotatable bonds is 7. The lowest BCUT2D eigenvalue weighted by atomic mass is 9.96. The Kier molecular flexibility index (Phi) is 7.27. The minimum Gasteiger partial charge on any atom is -0.383 e. The number of carbonyl (C=O) groups excluding carboxylic acids is 1. The molecule has 0 radical (unpaired) electrons. The van der Waals surface area contributed by atoms with Gasteiger partial charge in [-0.05, 0) is 37.6 Å². The van der Waals surface area contributed by atoms with E-state index in [0.29, 0.717) is 24.0 Å². The number of nitrogens with zero attached hydrogens (tertiary/aromatic N) is 4. The normalized spacial score (nSPS) is 18.4. The molecule has 1 aliphatic rings. The number of aromatic nitrogens is 3. The molecule has 33 heavy (non-hydrogen) atoms. The van der Waals surface area contributed by atoms with Crippen molar-refractivity contribution in [2.24, 2.45) is 0 Å². The number of hydrogen-bond acceptors (Lipinski definition) is 5. The van der Waals surface area contributed by atoms with Crippen molar-refractivity contribution in [2.45, 2.75) is 25.8 Å². The minimum atomic E-state index is -0.270. The first kappa shape index (κ1) is 23.2. The lowest BCUT2D eigenvalue weighted by Crippen LogP contribution is -2.42. The van der Waals surface area contributed by atoms with E-state index in [0.717, 1.165) is 35.6 Å². The van der Waals surface area contributed by atoms with Gasteiger partial charge < -0.3 is 10.1 Å². The van der Waals surface area contributed by atoms with Gasteiger partial charge in [0.15, 0.2) is 0 Å². The summed E-state index contributed by atoms with van der Waals surface area (Å²) in [7, 11) is 1.69. The van der Waals surface area contributed by atoms with Crippen LogP contribution in [0.3, 0.4) is 0 Å². The van der Waals surface area contributed by atoms with E-state index in [-0.39, 0.29) is 18.0 Å². The van der Waals surface area contributed by atoms with E-state index in [1.165, 1.54) is 0 Å². The monoisotopic (exact) mass is 468 g/mol. The van der Waals surface area contributed by atoms with Gasteiger partial charge in [-0.25, -0.2) is 9.48 Å². The number of halogens is 1. The number of pyridine rings is 1. The van der Waals surface area contributed by atoms with E-state index < -0.39 is 0 Å². The molecule has 2 amide bonds. The fourth-order valence-electron chi connectivity index (χ4n) is 4.22. The smallest absolute Gasteiger partial charge is 0.320 e. The van der Waals surface area contributed by atoms with Crippen LogP contribution in [0.5, 0.6) is 0 Å². The molecule has 1 aliphatic heterocycles. The largest absolute Gasteiger partial charge is 0.383 e. The SMILES string of the molecule is COCCN1CC(NC(=O)Nc2c(C)c(C)nn2-c2ccccc2)C(c2cncc(Cl)c2)C1. The summed E-state index contributed by atoms with van der Waals surface area (Å²) in [6.45, 7) is 6.82. The average Bonchev–Trinajstić information content (AvgIpc) is 3.34. The molecular formula is C24H29ClN6O2. The maximum absolute atomic E-state index is 13.1. The van der Waals surface area contributed by atoms with Crippen molar-refractivity contribution in [3.05, 3.63) is 70.6 Å². The zero-order valence-corrected chi connectivity index (χ0v) is 19.8. The Morgan fingerprint density at radius 3 is 2.73 bits per heavy atom. The summed E-state index contributed by atoms with van der Waals surface area (Å²) in [4.78, 5) is 19.7. The Morgan fingerprint density at radius 2 is 2.00 bits per heavy atom. The fourth-order valence-corrected chi connectivity index (χ4v) is 4.41. The molecule has 0 saturated carbocycles. The van der Waals surface area contributed by atoms with Gasteiger partial charge >= 0.3 is 6.03 Å². The van der Waals surface area contributed by atoms with Crippen LogP contribution in [0.15, 0.2) is 48.8 Å². The van der Waals surface area contributed by atoms with Gasteiger partial charge in [0.25, 0.3) is 0 Å². The highest BCUT2D eigenvalue weighted by Crippen LogP contribution is 2.29. The van der Waals surface area contributed by atoms with Crippen LogP contribution in [0.1, 0.15) is 22.7 Å². The summed E-state index contributed by atoms with van der Waals surface area (Å²) in [5.74, 6) is 0.729. The number of nitrogens with one attached hydrogen (secondary N) is 2. The van der Waals surface area contributed by atoms with Gasteiger partial charge in [0.05, 0.1) is 29.1 Å². The number of carbonyl (C=O) groups is 1. The number of urea groups is 1. The first-order valence-electron chi connectivity index (χ1n) is 11.0. The number of amides is 2. The number of likely N-dealkylation sites (tertiary alicyclic amines) is 1. The van der Waals surface area contributed by atoms with Crippen molar-refractivity contribution in [1.82, 2.24) is 25.0 Å². The van der Waals surface area contributed by atoms with Crippen molar-refractivity contribution < 1.29 is 9.53 Å². The van der Waals surface area contributed by atoms with E-state index >= 15 is 0 Å². The second-order valence-electron chi connectivity index (χ2n) is 8.31. The Labute approximate surface area is 198 Å². The van der Waals surface area contributed by atoms with Gasteiger partial charge in [0, 0.05) is 50.6 Å². The van der Waals surface area contributed by atoms with Crippen molar-refractivity contribution in [3.8, 4) is 5.69 Å². The van der Waals surface area contributed by atoms with Crippen molar-refractivity contribution in [3.63, 3.8) is 0 Å². The summed E-state index contributed by atoms with van der Waals surface area (Å²) in [6.07, 6.45) is 3.44. The Balaban J connectivity index is 1.53. The molecule has 0 bridgehead atoms. The van der Waals surface area contributed by atoms with Crippen LogP contribution < -0.4 is 10.6 Å². The lowest BCUT2D eigenvalue weighted by Gasteiger charge is -2.21. The summed E-state index contributed by atoms with van der Waals surface area (Å²) in [5, 5.41) is 11.4. The third-order valence-corrected chi connectivity index (χ3v) is 6.28. The van der Waals surface area contributed by atoms with Crippen LogP contribution in [-0.4, -0.2) is 65.1 Å². The highest BCUT2D eigenvalue weighted by molar-refractivity contribution is 6.30. The maximum Gasteiger partial charge on any atom is 0.320 e. The molecule has 1 saturated heterocycles. The van der Waals surface area contributed by atoms with E-state index in [2.05, 4.69) is 25.6 Å². The predicted molar refractivity (Wildman–Crippen MR) is 129 cm³/mol. The first-order valence-corrected chi connectivity index (χ1v) is 11.3. The van der Waals surface area contributed by atoms with Crippen LogP contribution in [0, 0.1) is 13.8 Å². The quantitative estimate of drug-likeness (QED) is 0.551. The fraction of sp³-hybridized carbons (Fsp3) is 0.375. The number of aryl methyl sites for hydroxylation is 1. The van der Waals surface area contributed by atoms with Crippen LogP contribution in [0.2, 0.25) is 5.02 Å². The van der Waals surface area contributed by atoms with Gasteiger partial charge in [-0.2, -0.15) is 5.10 Å². The molecule has 4 rings (SSSR count). The maximum atomic E-state index is 13.1. The van der Waals surface area contributed by atoms with Crippen molar-refractivity contribution in [2.75, 3.05) is 38.7 Å². The number of para-hydroxylation sites is 1. The van der Waals surface area contributed by atoms with Crippen molar-refractivity contribution in [1.29, 1.82) is 0 Å². The number of benzene rings is 1. The van der Waals surface area contributed by atoms with Gasteiger partial charge in [0.2, 0.25) is 0 Å². The van der Waals surface area contributed by atoms with E-state index in [9.17, 15) is 4.79 Å². The van der Waals surface area contributed by atoms with Crippen molar-refractivity contribution >= 4 is 23.4 Å². The molecule has 2 atom stereocenters. The molecule has 1 fully saturated rings. The second-order valence-corrected chi connectivity index (χ2v) is 8.74. The zero-order chi connectivity index (χ0) is 23.4. The Hall–Kier alpha value is -2.94. The topological polar surface area (TPSA) is 84.3 Å². The second kappa shape index (κ2) is 10.3. The standard InChI is InChI=1S/C24H29ClN6O2/c1-16-17(2)29-31(20-7-5-4-6-8-20)23(16)28-24(32)27-22-15-30(9-10-33-3)14-21(22)18-11-19(25)13-26-12-18/h4-8,11-13,21-22H,9-10,14-15H2,1-3H3,(H2,27,28,32). The van der Waals surface area contributed by atoms with E-state index in [4.69, 9.17) is 16.3 Å². The molecule has 0 spiro atoms. The minimum absolute atomic E-state index is 0.0701. The molecule has 174 valence electrons. The summed E-state index contributed by atoms with van der Waals surface area (Å²) < 4.78 is 7.01. The molecule has 8 nitrogen and oxygen atoms in total. The van der Waals surface area contributed by atoms with Crippen LogP contribution in [-0.2, 0) is 4.74 Å². The molecular weight excluding hydrogens is 440 g/mol.